The molecule has 0 spiro atoms. The van der Waals surface area contributed by atoms with E-state index in [2.05, 4.69) is 11.9 Å². The largest absolute Gasteiger partial charge is 0.418 e. The van der Waals surface area contributed by atoms with E-state index in [1.807, 2.05) is 11.9 Å². The van der Waals surface area contributed by atoms with E-state index < -0.39 is 18.0 Å². The lowest BCUT2D eigenvalue weighted by molar-refractivity contribution is -0.149. The molecule has 126 valence electrons. The van der Waals surface area contributed by atoms with Gasteiger partial charge in [0.05, 0.1) is 5.56 Å². The molecular weight excluding hydrogens is 297 g/mol. The fraction of sp³-hybridized carbons (Fsp3) is 0.667. The predicted octanol–water partition coefficient (Wildman–Crippen LogP) is 3.62. The summed E-state index contributed by atoms with van der Waals surface area (Å²) in [6, 6.07) is 1.12. The Morgan fingerprint density at radius 1 is 1.27 bits per heavy atom. The maximum Gasteiger partial charge on any atom is 0.418 e. The first kappa shape index (κ1) is 18.9. The van der Waals surface area contributed by atoms with Crippen molar-refractivity contribution in [3.63, 3.8) is 0 Å². The van der Waals surface area contributed by atoms with Gasteiger partial charge in [-0.2, -0.15) is 13.2 Å². The summed E-state index contributed by atoms with van der Waals surface area (Å²) in [6.07, 6.45) is -2.15. The van der Waals surface area contributed by atoms with Crippen LogP contribution in [0, 0.1) is 0 Å². The Morgan fingerprint density at radius 2 is 1.91 bits per heavy atom. The lowest BCUT2D eigenvalue weighted by Crippen LogP contribution is -2.21. The standard InChI is InChI=1S/C15H23F3N2O2/c1-5-6-7-20(2)10-11-8-12(15(16,17)18)13(19-9-11)14(21-3)22-4/h8-9,14H,5-7,10H2,1-4H3. The molecule has 22 heavy (non-hydrogen) atoms. The van der Waals surface area contributed by atoms with Crippen LogP contribution in [0.15, 0.2) is 12.3 Å². The molecule has 0 bridgehead atoms. The minimum absolute atomic E-state index is 0.252. The molecule has 1 rings (SSSR count). The average molecular weight is 320 g/mol. The maximum atomic E-state index is 13.2. The van der Waals surface area contributed by atoms with Crippen LogP contribution in [0.2, 0.25) is 0 Å². The quantitative estimate of drug-likeness (QED) is 0.685. The van der Waals surface area contributed by atoms with Crippen LogP contribution in [0.3, 0.4) is 0 Å². The first-order valence-electron chi connectivity index (χ1n) is 7.13. The molecular formula is C15H23F3N2O2. The van der Waals surface area contributed by atoms with Gasteiger partial charge in [0.2, 0.25) is 6.29 Å². The highest BCUT2D eigenvalue weighted by atomic mass is 19.4. The van der Waals surface area contributed by atoms with E-state index in [0.717, 1.165) is 25.5 Å². The number of hydrogen-bond acceptors (Lipinski definition) is 4. The van der Waals surface area contributed by atoms with E-state index in [9.17, 15) is 13.2 Å². The van der Waals surface area contributed by atoms with Gasteiger partial charge in [0, 0.05) is 27.0 Å². The number of alkyl halides is 3. The Hall–Kier alpha value is -1.18. The summed E-state index contributed by atoms with van der Waals surface area (Å²) in [6.45, 7) is 3.32. The molecule has 0 aliphatic heterocycles. The van der Waals surface area contributed by atoms with E-state index in [4.69, 9.17) is 9.47 Å². The van der Waals surface area contributed by atoms with Crippen LogP contribution in [-0.4, -0.2) is 37.7 Å². The Bertz CT molecular complexity index is 463. The highest BCUT2D eigenvalue weighted by Crippen LogP contribution is 2.35. The van der Waals surface area contributed by atoms with Gasteiger partial charge in [0.25, 0.3) is 0 Å². The van der Waals surface area contributed by atoms with E-state index >= 15 is 0 Å². The third kappa shape index (κ3) is 5.23. The van der Waals surface area contributed by atoms with Crippen LogP contribution in [0.4, 0.5) is 13.2 Å². The van der Waals surface area contributed by atoms with Crippen molar-refractivity contribution in [2.24, 2.45) is 0 Å². The van der Waals surface area contributed by atoms with Gasteiger partial charge in [-0.25, -0.2) is 0 Å². The molecule has 1 aromatic heterocycles. The van der Waals surface area contributed by atoms with Gasteiger partial charge in [-0.15, -0.1) is 0 Å². The zero-order valence-electron chi connectivity index (χ0n) is 13.4. The van der Waals surface area contributed by atoms with Gasteiger partial charge in [-0.1, -0.05) is 13.3 Å². The Morgan fingerprint density at radius 3 is 2.41 bits per heavy atom. The molecule has 0 aliphatic rings. The van der Waals surface area contributed by atoms with Crippen LogP contribution in [0.5, 0.6) is 0 Å². The molecule has 0 unspecified atom stereocenters. The summed E-state index contributed by atoms with van der Waals surface area (Å²) >= 11 is 0. The summed E-state index contributed by atoms with van der Waals surface area (Å²) < 4.78 is 49.5. The number of rotatable bonds is 8. The van der Waals surface area contributed by atoms with Gasteiger partial charge in [0.1, 0.15) is 5.69 Å². The molecule has 0 amide bonds. The fourth-order valence-electron chi connectivity index (χ4n) is 2.16. The normalized spacial score (nSPS) is 12.4. The smallest absolute Gasteiger partial charge is 0.350 e. The number of halogens is 3. The number of methoxy groups -OCH3 is 2. The van der Waals surface area contributed by atoms with Crippen LogP contribution in [-0.2, 0) is 22.2 Å². The molecule has 0 aromatic carbocycles. The summed E-state index contributed by atoms with van der Waals surface area (Å²) in [5.74, 6) is 0. The molecule has 0 aliphatic carbocycles. The van der Waals surface area contributed by atoms with Gasteiger partial charge in [-0.05, 0) is 31.6 Å². The summed E-state index contributed by atoms with van der Waals surface area (Å²) in [4.78, 5) is 5.90. The van der Waals surface area contributed by atoms with Crippen molar-refractivity contribution in [1.82, 2.24) is 9.88 Å². The zero-order chi connectivity index (χ0) is 16.8. The molecule has 0 saturated carbocycles. The molecule has 0 N–H and O–H groups in total. The van der Waals surface area contributed by atoms with Gasteiger partial charge < -0.3 is 14.4 Å². The Kier molecular flexibility index (Phi) is 7.25. The predicted molar refractivity (Wildman–Crippen MR) is 77.2 cm³/mol. The van der Waals surface area contributed by atoms with Crippen molar-refractivity contribution in [3.05, 3.63) is 29.1 Å². The number of pyridine rings is 1. The number of hydrogen-bond donors (Lipinski definition) is 0. The lowest BCUT2D eigenvalue weighted by atomic mass is 10.1. The van der Waals surface area contributed by atoms with Crippen molar-refractivity contribution in [2.45, 2.75) is 38.8 Å². The van der Waals surface area contributed by atoms with E-state index in [1.165, 1.54) is 20.4 Å². The molecule has 0 radical (unpaired) electrons. The average Bonchev–Trinajstić information content (AvgIpc) is 2.46. The third-order valence-electron chi connectivity index (χ3n) is 3.28. The van der Waals surface area contributed by atoms with Crippen LogP contribution >= 0.6 is 0 Å². The van der Waals surface area contributed by atoms with Crippen molar-refractivity contribution >= 4 is 0 Å². The molecule has 4 nitrogen and oxygen atoms in total. The summed E-state index contributed by atoms with van der Waals surface area (Å²) in [5.41, 5.74) is -0.555. The van der Waals surface area contributed by atoms with E-state index in [1.54, 1.807) is 0 Å². The molecule has 0 atom stereocenters. The second-order valence-corrected chi connectivity index (χ2v) is 5.17. The van der Waals surface area contributed by atoms with Crippen LogP contribution in [0.1, 0.15) is 42.9 Å². The molecule has 0 saturated heterocycles. The van der Waals surface area contributed by atoms with E-state index in [0.29, 0.717) is 12.1 Å². The first-order valence-corrected chi connectivity index (χ1v) is 7.13. The molecule has 7 heteroatoms. The zero-order valence-corrected chi connectivity index (χ0v) is 13.4. The highest BCUT2D eigenvalue weighted by molar-refractivity contribution is 5.29. The van der Waals surface area contributed by atoms with Crippen molar-refractivity contribution in [1.29, 1.82) is 0 Å². The second kappa shape index (κ2) is 8.45. The minimum Gasteiger partial charge on any atom is -0.350 e. The van der Waals surface area contributed by atoms with Crippen LogP contribution < -0.4 is 0 Å². The first-order chi connectivity index (χ1) is 10.3. The monoisotopic (exact) mass is 320 g/mol. The molecule has 1 aromatic rings. The third-order valence-corrected chi connectivity index (χ3v) is 3.28. The van der Waals surface area contributed by atoms with Crippen molar-refractivity contribution in [2.75, 3.05) is 27.8 Å². The number of aromatic nitrogens is 1. The number of nitrogens with zero attached hydrogens (tertiary/aromatic N) is 2. The minimum atomic E-state index is -4.50. The van der Waals surface area contributed by atoms with Crippen LogP contribution in [0.25, 0.3) is 0 Å². The van der Waals surface area contributed by atoms with Gasteiger partial charge in [-0.3, -0.25) is 4.98 Å². The maximum absolute atomic E-state index is 13.2. The van der Waals surface area contributed by atoms with Crippen molar-refractivity contribution in [3.8, 4) is 0 Å². The Balaban J connectivity index is 3.05. The topological polar surface area (TPSA) is 34.6 Å². The second-order valence-electron chi connectivity index (χ2n) is 5.17. The summed E-state index contributed by atoms with van der Waals surface area (Å²) in [5, 5.41) is 0. The highest BCUT2D eigenvalue weighted by Gasteiger charge is 2.37. The number of ether oxygens (including phenoxy) is 2. The number of unbranched alkanes of at least 4 members (excludes halogenated alkanes) is 1. The van der Waals surface area contributed by atoms with Crippen molar-refractivity contribution < 1.29 is 22.6 Å². The fourth-order valence-corrected chi connectivity index (χ4v) is 2.16. The van der Waals surface area contributed by atoms with Gasteiger partial charge in [0.15, 0.2) is 0 Å². The lowest BCUT2D eigenvalue weighted by Gasteiger charge is -2.21. The molecule has 1 heterocycles. The SMILES string of the molecule is CCCCN(C)Cc1cnc(C(OC)OC)c(C(F)(F)F)c1. The van der Waals surface area contributed by atoms with Gasteiger partial charge >= 0.3 is 6.18 Å². The summed E-state index contributed by atoms with van der Waals surface area (Å²) in [7, 11) is 4.44. The molecule has 0 fully saturated rings. The Labute approximate surface area is 129 Å². The van der Waals surface area contributed by atoms with E-state index in [-0.39, 0.29) is 5.69 Å².